The molecule has 0 spiro atoms. The Labute approximate surface area is 166 Å². The van der Waals surface area contributed by atoms with Crippen molar-refractivity contribution in [3.05, 3.63) is 77.9 Å². The van der Waals surface area contributed by atoms with Crippen LogP contribution in [-0.4, -0.2) is 34.2 Å². The van der Waals surface area contributed by atoms with E-state index >= 15 is 0 Å². The molecule has 0 aliphatic carbocycles. The number of carbonyl (C=O) groups excluding carboxylic acids is 2. The molecule has 4 heteroatoms. The zero-order valence-electron chi connectivity index (χ0n) is 16.3. The largest absolute Gasteiger partial charge is 0.334 e. The van der Waals surface area contributed by atoms with Crippen LogP contribution in [0.2, 0.25) is 0 Å². The van der Waals surface area contributed by atoms with E-state index < -0.39 is 6.04 Å². The molecular weight excluding hydrogens is 348 g/mol. The van der Waals surface area contributed by atoms with Crippen LogP contribution in [0.3, 0.4) is 0 Å². The monoisotopic (exact) mass is 374 g/mol. The zero-order valence-corrected chi connectivity index (χ0v) is 16.3. The molecule has 4 rings (SSSR count). The summed E-state index contributed by atoms with van der Waals surface area (Å²) >= 11 is 0. The van der Waals surface area contributed by atoms with Crippen molar-refractivity contribution >= 4 is 17.4 Å². The van der Waals surface area contributed by atoms with Gasteiger partial charge < -0.3 is 9.80 Å². The maximum Gasteiger partial charge on any atom is 0.250 e. The van der Waals surface area contributed by atoms with Gasteiger partial charge in [-0.1, -0.05) is 68.1 Å². The van der Waals surface area contributed by atoms with Crippen molar-refractivity contribution in [2.75, 3.05) is 6.54 Å². The maximum atomic E-state index is 13.7. The second-order valence-electron chi connectivity index (χ2n) is 7.57. The number of nitrogens with zero attached hydrogens (tertiary/aromatic N) is 2. The van der Waals surface area contributed by atoms with E-state index in [-0.39, 0.29) is 17.9 Å². The Bertz CT molecular complexity index is 906. The van der Waals surface area contributed by atoms with Crippen LogP contribution in [0.5, 0.6) is 0 Å². The van der Waals surface area contributed by atoms with Crippen LogP contribution in [0.4, 0.5) is 0 Å². The summed E-state index contributed by atoms with van der Waals surface area (Å²) in [7, 11) is 0. The molecule has 2 aromatic rings. The van der Waals surface area contributed by atoms with Gasteiger partial charge in [-0.05, 0) is 35.1 Å². The van der Waals surface area contributed by atoms with E-state index in [1.807, 2.05) is 66.4 Å². The Morgan fingerprint density at radius 1 is 1.14 bits per heavy atom. The molecule has 2 amide bonds. The van der Waals surface area contributed by atoms with Gasteiger partial charge in [-0.15, -0.1) is 0 Å². The van der Waals surface area contributed by atoms with Gasteiger partial charge in [0, 0.05) is 19.5 Å². The number of benzene rings is 2. The van der Waals surface area contributed by atoms with Gasteiger partial charge in [0.1, 0.15) is 6.04 Å². The predicted molar refractivity (Wildman–Crippen MR) is 110 cm³/mol. The normalized spacial score (nSPS) is 21.1. The quantitative estimate of drug-likeness (QED) is 0.805. The highest BCUT2D eigenvalue weighted by Gasteiger charge is 2.43. The van der Waals surface area contributed by atoms with Crippen LogP contribution in [0.25, 0.3) is 5.57 Å². The van der Waals surface area contributed by atoms with E-state index in [0.717, 1.165) is 41.6 Å². The van der Waals surface area contributed by atoms with Crippen molar-refractivity contribution in [3.63, 3.8) is 0 Å². The van der Waals surface area contributed by atoms with Crippen LogP contribution >= 0.6 is 0 Å². The molecule has 144 valence electrons. The predicted octanol–water partition coefficient (Wildman–Crippen LogP) is 4.18. The molecule has 2 aromatic carbocycles. The molecule has 2 aliphatic heterocycles. The molecule has 0 radical (unpaired) electrons. The molecule has 1 saturated heterocycles. The lowest BCUT2D eigenvalue weighted by Gasteiger charge is -2.33. The molecule has 28 heavy (non-hydrogen) atoms. The summed E-state index contributed by atoms with van der Waals surface area (Å²) in [5, 5.41) is 0. The molecule has 0 unspecified atom stereocenters. The van der Waals surface area contributed by atoms with Gasteiger partial charge in [-0.2, -0.15) is 0 Å². The Hall–Kier alpha value is -2.88. The average molecular weight is 374 g/mol. The van der Waals surface area contributed by atoms with Crippen LogP contribution in [0, 0.1) is 0 Å². The van der Waals surface area contributed by atoms with Crippen molar-refractivity contribution < 1.29 is 9.59 Å². The van der Waals surface area contributed by atoms with Crippen LogP contribution in [0.1, 0.15) is 48.9 Å². The summed E-state index contributed by atoms with van der Waals surface area (Å²) in [5.41, 5.74) is 3.92. The summed E-state index contributed by atoms with van der Waals surface area (Å²) in [6, 6.07) is 17.3. The Morgan fingerprint density at radius 3 is 2.61 bits per heavy atom. The summed E-state index contributed by atoms with van der Waals surface area (Å²) in [5.74, 6) is 0.00611. The third-order valence-electron chi connectivity index (χ3n) is 5.90. The first-order valence-electron chi connectivity index (χ1n) is 10.0. The lowest BCUT2D eigenvalue weighted by atomic mass is 9.92. The molecule has 4 nitrogen and oxygen atoms in total. The molecule has 1 fully saturated rings. The Morgan fingerprint density at radius 2 is 1.86 bits per heavy atom. The molecule has 0 saturated carbocycles. The topological polar surface area (TPSA) is 40.6 Å². The molecule has 2 atom stereocenters. The number of rotatable bonds is 4. The van der Waals surface area contributed by atoms with Gasteiger partial charge in [0.05, 0.1) is 6.04 Å². The summed E-state index contributed by atoms with van der Waals surface area (Å²) < 4.78 is 0. The molecule has 0 N–H and O–H groups in total. The van der Waals surface area contributed by atoms with E-state index in [2.05, 4.69) is 6.58 Å². The van der Waals surface area contributed by atoms with Crippen LogP contribution in [-0.2, 0) is 16.1 Å². The number of carbonyl (C=O) groups is 2. The van der Waals surface area contributed by atoms with Gasteiger partial charge in [0.25, 0.3) is 5.91 Å². The summed E-state index contributed by atoms with van der Waals surface area (Å²) in [4.78, 5) is 30.4. The lowest BCUT2D eigenvalue weighted by Crippen LogP contribution is -2.45. The number of hydrogen-bond donors (Lipinski definition) is 0. The summed E-state index contributed by atoms with van der Waals surface area (Å²) in [6.45, 7) is 7.34. The number of amides is 2. The van der Waals surface area contributed by atoms with E-state index in [9.17, 15) is 9.59 Å². The van der Waals surface area contributed by atoms with Gasteiger partial charge in [0.2, 0.25) is 5.91 Å². The third kappa shape index (κ3) is 3.13. The standard InChI is InChI=1S/C24H26N2O2/c1-3-22(27)26(16-18-10-5-4-6-11-18)23-20-13-8-7-12-19(20)17(2)21-14-9-15-25(21)24(23)28/h4-8,10-13,21,23H,2-3,9,14-16H2,1H3/t21-,23+/m1/s1. The fourth-order valence-corrected chi connectivity index (χ4v) is 4.50. The van der Waals surface area contributed by atoms with Crippen molar-refractivity contribution in [3.8, 4) is 0 Å². The molecule has 0 aromatic heterocycles. The number of fused-ring (bicyclic) bond motifs is 2. The number of hydrogen-bond acceptors (Lipinski definition) is 2. The third-order valence-corrected chi connectivity index (χ3v) is 5.90. The Balaban J connectivity index is 1.83. The Kier molecular flexibility index (Phi) is 5.03. The first-order valence-corrected chi connectivity index (χ1v) is 10.0. The van der Waals surface area contributed by atoms with Crippen LogP contribution < -0.4 is 0 Å². The highest BCUT2D eigenvalue weighted by Crippen LogP contribution is 2.41. The molecule has 2 aliphatic rings. The van der Waals surface area contributed by atoms with Crippen molar-refractivity contribution in [1.29, 1.82) is 0 Å². The van der Waals surface area contributed by atoms with Crippen molar-refractivity contribution in [1.82, 2.24) is 9.80 Å². The van der Waals surface area contributed by atoms with E-state index in [1.165, 1.54) is 0 Å². The first kappa shape index (κ1) is 18.5. The second kappa shape index (κ2) is 7.63. The minimum absolute atomic E-state index is 0.0136. The van der Waals surface area contributed by atoms with Gasteiger partial charge in [0.15, 0.2) is 0 Å². The maximum absolute atomic E-state index is 13.7. The molecule has 0 bridgehead atoms. The minimum atomic E-state index is -0.608. The highest BCUT2D eigenvalue weighted by atomic mass is 16.2. The molecule has 2 heterocycles. The van der Waals surface area contributed by atoms with Crippen molar-refractivity contribution in [2.24, 2.45) is 0 Å². The van der Waals surface area contributed by atoms with Crippen molar-refractivity contribution in [2.45, 2.75) is 44.8 Å². The lowest BCUT2D eigenvalue weighted by molar-refractivity contribution is -0.146. The fraction of sp³-hybridized carbons (Fsp3) is 0.333. The summed E-state index contributed by atoms with van der Waals surface area (Å²) in [6.07, 6.45) is 2.28. The highest BCUT2D eigenvalue weighted by molar-refractivity contribution is 5.94. The smallest absolute Gasteiger partial charge is 0.250 e. The zero-order chi connectivity index (χ0) is 19.7. The van der Waals surface area contributed by atoms with E-state index in [0.29, 0.717) is 13.0 Å². The van der Waals surface area contributed by atoms with E-state index in [4.69, 9.17) is 0 Å². The second-order valence-corrected chi connectivity index (χ2v) is 7.57. The van der Waals surface area contributed by atoms with Gasteiger partial charge in [-0.25, -0.2) is 0 Å². The van der Waals surface area contributed by atoms with Gasteiger partial charge >= 0.3 is 0 Å². The van der Waals surface area contributed by atoms with E-state index in [1.54, 1.807) is 4.90 Å². The SMILES string of the molecule is C=C1c2ccccc2[C@H](N(Cc2ccccc2)C(=O)CC)C(=O)N2CCC[C@H]12. The average Bonchev–Trinajstić information content (AvgIpc) is 3.20. The minimum Gasteiger partial charge on any atom is -0.334 e. The van der Waals surface area contributed by atoms with Crippen LogP contribution in [0.15, 0.2) is 61.2 Å². The van der Waals surface area contributed by atoms with Gasteiger partial charge in [-0.3, -0.25) is 9.59 Å². The first-order chi connectivity index (χ1) is 13.6. The molecular formula is C24H26N2O2. The fourth-order valence-electron chi connectivity index (χ4n) is 4.50.